The average Bonchev–Trinajstić information content (AvgIpc) is 2.38. The fourth-order valence-electron chi connectivity index (χ4n) is 2.51. The highest BCUT2D eigenvalue weighted by atomic mass is 19.1. The van der Waals surface area contributed by atoms with Crippen LogP contribution in [0.4, 0.5) is 10.2 Å². The van der Waals surface area contributed by atoms with Crippen molar-refractivity contribution in [3.63, 3.8) is 0 Å². The van der Waals surface area contributed by atoms with E-state index in [2.05, 4.69) is 43.3 Å². The molecule has 0 fully saturated rings. The summed E-state index contributed by atoms with van der Waals surface area (Å²) < 4.78 is 14.4. The first kappa shape index (κ1) is 17.9. The zero-order chi connectivity index (χ0) is 16.0. The fourth-order valence-corrected chi connectivity index (χ4v) is 2.51. The van der Waals surface area contributed by atoms with Crippen LogP contribution in [-0.2, 0) is 6.54 Å². The predicted octanol–water partition coefficient (Wildman–Crippen LogP) is 4.06. The molecule has 0 saturated carbocycles. The van der Waals surface area contributed by atoms with Crippen molar-refractivity contribution in [3.05, 3.63) is 23.6 Å². The Morgan fingerprint density at radius 3 is 2.24 bits per heavy atom. The van der Waals surface area contributed by atoms with Crippen LogP contribution >= 0.6 is 0 Å². The molecule has 1 aromatic heterocycles. The molecule has 0 aliphatic rings. The van der Waals surface area contributed by atoms with Gasteiger partial charge < -0.3 is 10.6 Å². The molecule has 1 rings (SSSR count). The quantitative estimate of drug-likeness (QED) is 0.759. The molecular formula is C17H30FN3. The standard InChI is InChI=1S/C17H30FN3/c1-11(2)15(12(3)4)10-21-17-16(18)14(7-8-19-17)9-20-13(5)6/h7-8,11-13,15,20H,9-10H2,1-6H3,(H,19,21). The van der Waals surface area contributed by atoms with E-state index in [-0.39, 0.29) is 5.82 Å². The lowest BCUT2D eigenvalue weighted by Gasteiger charge is -2.25. The van der Waals surface area contributed by atoms with E-state index in [0.717, 1.165) is 6.54 Å². The summed E-state index contributed by atoms with van der Waals surface area (Å²) in [5, 5.41) is 6.43. The highest BCUT2D eigenvalue weighted by Gasteiger charge is 2.18. The third kappa shape index (κ3) is 5.62. The summed E-state index contributed by atoms with van der Waals surface area (Å²) >= 11 is 0. The molecule has 0 spiro atoms. The molecule has 0 bridgehead atoms. The van der Waals surface area contributed by atoms with Gasteiger partial charge in [0, 0.05) is 30.9 Å². The lowest BCUT2D eigenvalue weighted by Crippen LogP contribution is -2.26. The molecule has 0 unspecified atom stereocenters. The number of anilines is 1. The van der Waals surface area contributed by atoms with Crippen LogP contribution in [0.2, 0.25) is 0 Å². The molecule has 3 nitrogen and oxygen atoms in total. The van der Waals surface area contributed by atoms with Crippen LogP contribution in [0.5, 0.6) is 0 Å². The molecule has 4 heteroatoms. The van der Waals surface area contributed by atoms with Gasteiger partial charge in [-0.1, -0.05) is 41.5 Å². The van der Waals surface area contributed by atoms with E-state index in [1.807, 2.05) is 13.8 Å². The Balaban J connectivity index is 2.73. The van der Waals surface area contributed by atoms with E-state index < -0.39 is 0 Å². The Morgan fingerprint density at radius 2 is 1.71 bits per heavy atom. The van der Waals surface area contributed by atoms with Crippen molar-refractivity contribution in [3.8, 4) is 0 Å². The number of hydrogen-bond acceptors (Lipinski definition) is 3. The van der Waals surface area contributed by atoms with Gasteiger partial charge in [-0.25, -0.2) is 9.37 Å². The van der Waals surface area contributed by atoms with Crippen LogP contribution in [0.1, 0.15) is 47.1 Å². The van der Waals surface area contributed by atoms with Gasteiger partial charge in [-0.3, -0.25) is 0 Å². The number of rotatable bonds is 8. The Morgan fingerprint density at radius 1 is 1.10 bits per heavy atom. The summed E-state index contributed by atoms with van der Waals surface area (Å²) in [6.45, 7) is 14.2. The minimum atomic E-state index is -0.239. The minimum Gasteiger partial charge on any atom is -0.367 e. The smallest absolute Gasteiger partial charge is 0.169 e. The van der Waals surface area contributed by atoms with Crippen LogP contribution in [-0.4, -0.2) is 17.6 Å². The summed E-state index contributed by atoms with van der Waals surface area (Å²) in [6.07, 6.45) is 1.67. The van der Waals surface area contributed by atoms with Crippen molar-refractivity contribution in [2.24, 2.45) is 17.8 Å². The number of nitrogens with zero attached hydrogens (tertiary/aromatic N) is 1. The van der Waals surface area contributed by atoms with Gasteiger partial charge in [0.25, 0.3) is 0 Å². The number of pyridine rings is 1. The number of nitrogens with one attached hydrogen (secondary N) is 2. The van der Waals surface area contributed by atoms with E-state index in [1.54, 1.807) is 12.3 Å². The number of aromatic nitrogens is 1. The van der Waals surface area contributed by atoms with Gasteiger partial charge in [-0.2, -0.15) is 0 Å². The first-order valence-corrected chi connectivity index (χ1v) is 7.93. The van der Waals surface area contributed by atoms with Crippen LogP contribution in [0.3, 0.4) is 0 Å². The van der Waals surface area contributed by atoms with Crippen molar-refractivity contribution in [2.45, 2.75) is 54.1 Å². The number of hydrogen-bond donors (Lipinski definition) is 2. The zero-order valence-corrected chi connectivity index (χ0v) is 14.2. The Hall–Kier alpha value is -1.16. The molecule has 0 saturated heterocycles. The maximum atomic E-state index is 14.4. The van der Waals surface area contributed by atoms with Gasteiger partial charge >= 0.3 is 0 Å². The summed E-state index contributed by atoms with van der Waals surface area (Å²) in [5.74, 6) is 1.75. The van der Waals surface area contributed by atoms with Crippen LogP contribution in [0.15, 0.2) is 12.3 Å². The maximum Gasteiger partial charge on any atom is 0.169 e. The summed E-state index contributed by atoms with van der Waals surface area (Å²) in [4.78, 5) is 4.14. The van der Waals surface area contributed by atoms with Gasteiger partial charge in [0.1, 0.15) is 0 Å². The van der Waals surface area contributed by atoms with Gasteiger partial charge in [0.15, 0.2) is 11.6 Å². The van der Waals surface area contributed by atoms with Gasteiger partial charge in [0.05, 0.1) is 0 Å². The molecule has 120 valence electrons. The molecular weight excluding hydrogens is 265 g/mol. The Kier molecular flexibility index (Phi) is 7.09. The average molecular weight is 295 g/mol. The highest BCUT2D eigenvalue weighted by molar-refractivity contribution is 5.40. The second kappa shape index (κ2) is 8.32. The molecule has 0 aliphatic carbocycles. The monoisotopic (exact) mass is 295 g/mol. The molecule has 2 N–H and O–H groups in total. The van der Waals surface area contributed by atoms with Gasteiger partial charge in [-0.05, 0) is 23.8 Å². The molecule has 1 aromatic rings. The van der Waals surface area contributed by atoms with Crippen LogP contribution in [0.25, 0.3) is 0 Å². The van der Waals surface area contributed by atoms with E-state index in [1.165, 1.54) is 0 Å². The first-order valence-electron chi connectivity index (χ1n) is 7.93. The van der Waals surface area contributed by atoms with Crippen molar-refractivity contribution >= 4 is 5.82 Å². The molecule has 0 radical (unpaired) electrons. The second-order valence-corrected chi connectivity index (χ2v) is 6.70. The van der Waals surface area contributed by atoms with E-state index >= 15 is 0 Å². The lowest BCUT2D eigenvalue weighted by atomic mass is 9.85. The summed E-state index contributed by atoms with van der Waals surface area (Å²) in [6, 6.07) is 2.07. The van der Waals surface area contributed by atoms with Crippen molar-refractivity contribution in [2.75, 3.05) is 11.9 Å². The summed E-state index contributed by atoms with van der Waals surface area (Å²) in [7, 11) is 0. The SMILES string of the molecule is CC(C)NCc1ccnc(NCC(C(C)C)C(C)C)c1F. The van der Waals surface area contributed by atoms with E-state index in [0.29, 0.717) is 41.7 Å². The predicted molar refractivity (Wildman–Crippen MR) is 87.8 cm³/mol. The van der Waals surface area contributed by atoms with Crippen LogP contribution < -0.4 is 10.6 Å². The zero-order valence-electron chi connectivity index (χ0n) is 14.2. The molecule has 0 aliphatic heterocycles. The summed E-state index contributed by atoms with van der Waals surface area (Å²) in [5.41, 5.74) is 0.659. The molecule has 0 amide bonds. The Bertz CT molecular complexity index is 422. The van der Waals surface area contributed by atoms with Crippen molar-refractivity contribution in [1.29, 1.82) is 0 Å². The van der Waals surface area contributed by atoms with Crippen LogP contribution in [0, 0.1) is 23.6 Å². The molecule has 0 aromatic carbocycles. The third-order valence-corrected chi connectivity index (χ3v) is 3.89. The Labute approximate surface area is 128 Å². The van der Waals surface area contributed by atoms with E-state index in [9.17, 15) is 4.39 Å². The third-order valence-electron chi connectivity index (χ3n) is 3.89. The maximum absolute atomic E-state index is 14.4. The topological polar surface area (TPSA) is 37.0 Å². The van der Waals surface area contributed by atoms with Gasteiger partial charge in [-0.15, -0.1) is 0 Å². The fraction of sp³-hybridized carbons (Fsp3) is 0.706. The molecule has 0 atom stereocenters. The van der Waals surface area contributed by atoms with Gasteiger partial charge in [0.2, 0.25) is 0 Å². The highest BCUT2D eigenvalue weighted by Crippen LogP contribution is 2.22. The second-order valence-electron chi connectivity index (χ2n) is 6.70. The molecule has 1 heterocycles. The van der Waals surface area contributed by atoms with Crippen molar-refractivity contribution < 1.29 is 4.39 Å². The first-order chi connectivity index (χ1) is 9.82. The lowest BCUT2D eigenvalue weighted by molar-refractivity contribution is 0.304. The largest absolute Gasteiger partial charge is 0.367 e. The number of halogens is 1. The van der Waals surface area contributed by atoms with Crippen molar-refractivity contribution in [1.82, 2.24) is 10.3 Å². The normalized spacial score (nSPS) is 12.0. The van der Waals surface area contributed by atoms with E-state index in [4.69, 9.17) is 0 Å². The minimum absolute atomic E-state index is 0.239. The molecule has 21 heavy (non-hydrogen) atoms.